The van der Waals surface area contributed by atoms with Gasteiger partial charge < -0.3 is 0 Å². The number of benzene rings is 2. The highest BCUT2D eigenvalue weighted by molar-refractivity contribution is 5.94. The number of halogens is 1. The Kier molecular flexibility index (Phi) is 5.66. The number of amides is 1. The second-order valence-electron chi connectivity index (χ2n) is 5.57. The van der Waals surface area contributed by atoms with Crippen molar-refractivity contribution in [1.29, 1.82) is 0 Å². The first-order chi connectivity index (χ1) is 13.5. The minimum Gasteiger partial charge on any atom is -0.272 e. The number of nitro benzene ring substituents is 1. The van der Waals surface area contributed by atoms with Gasteiger partial charge in [-0.2, -0.15) is 10.2 Å². The number of nitrogens with zero attached hydrogens (tertiary/aromatic N) is 3. The quantitative estimate of drug-likeness (QED) is 0.387. The Hall–Kier alpha value is -4.14. The van der Waals surface area contributed by atoms with E-state index in [1.165, 1.54) is 42.6 Å². The lowest BCUT2D eigenvalue weighted by Gasteiger charge is -1.96. The number of hydrogen-bond donors (Lipinski definition) is 2. The molecule has 3 rings (SSSR count). The molecule has 2 N–H and O–H groups in total. The Bertz CT molecular complexity index is 1060. The van der Waals surface area contributed by atoms with Crippen molar-refractivity contribution in [2.45, 2.75) is 0 Å². The second-order valence-corrected chi connectivity index (χ2v) is 5.57. The molecule has 1 amide bonds. The van der Waals surface area contributed by atoms with Crippen molar-refractivity contribution >= 4 is 23.9 Å². The van der Waals surface area contributed by atoms with Crippen molar-refractivity contribution in [3.63, 3.8) is 0 Å². The third kappa shape index (κ3) is 4.52. The van der Waals surface area contributed by atoms with Crippen LogP contribution in [0.5, 0.6) is 0 Å². The Labute approximate surface area is 158 Å². The summed E-state index contributed by atoms with van der Waals surface area (Å²) in [5.74, 6) is -0.878. The molecule has 0 aliphatic rings. The summed E-state index contributed by atoms with van der Waals surface area (Å²) in [6.07, 6.45) is 4.28. The van der Waals surface area contributed by atoms with Gasteiger partial charge in [0, 0.05) is 17.8 Å². The summed E-state index contributed by atoms with van der Waals surface area (Å²) in [5, 5.41) is 21.3. The van der Waals surface area contributed by atoms with Gasteiger partial charge in [-0.15, -0.1) is 0 Å². The largest absolute Gasteiger partial charge is 0.289 e. The minimum atomic E-state index is -0.517. The van der Waals surface area contributed by atoms with Gasteiger partial charge in [0.2, 0.25) is 0 Å². The molecule has 0 aliphatic heterocycles. The zero-order chi connectivity index (χ0) is 19.9. The van der Waals surface area contributed by atoms with Crippen LogP contribution in [0.15, 0.2) is 65.8 Å². The first-order valence-corrected chi connectivity index (χ1v) is 8.09. The Morgan fingerprint density at radius 1 is 1.21 bits per heavy atom. The zero-order valence-corrected chi connectivity index (χ0v) is 14.4. The normalized spacial score (nSPS) is 11.2. The van der Waals surface area contributed by atoms with Crippen molar-refractivity contribution < 1.29 is 14.1 Å². The number of nitrogens with one attached hydrogen (secondary N) is 2. The van der Waals surface area contributed by atoms with Crippen molar-refractivity contribution in [2.75, 3.05) is 0 Å². The molecule has 0 aliphatic carbocycles. The maximum Gasteiger partial charge on any atom is 0.289 e. The summed E-state index contributed by atoms with van der Waals surface area (Å²) < 4.78 is 13.0. The fourth-order valence-corrected chi connectivity index (χ4v) is 2.35. The number of hydrazone groups is 1. The molecule has 140 valence electrons. The van der Waals surface area contributed by atoms with Crippen LogP contribution >= 0.6 is 0 Å². The Balaban J connectivity index is 1.60. The second kappa shape index (κ2) is 8.49. The molecule has 0 bridgehead atoms. The van der Waals surface area contributed by atoms with E-state index in [2.05, 4.69) is 20.7 Å². The summed E-state index contributed by atoms with van der Waals surface area (Å²) in [7, 11) is 0. The van der Waals surface area contributed by atoms with Gasteiger partial charge in [-0.05, 0) is 48.6 Å². The molecule has 2 aromatic carbocycles. The Morgan fingerprint density at radius 2 is 1.96 bits per heavy atom. The van der Waals surface area contributed by atoms with Gasteiger partial charge in [-0.25, -0.2) is 9.82 Å². The molecule has 1 aromatic heterocycles. The molecule has 0 saturated carbocycles. The summed E-state index contributed by atoms with van der Waals surface area (Å²) in [4.78, 5) is 22.5. The van der Waals surface area contributed by atoms with E-state index in [4.69, 9.17) is 0 Å². The van der Waals surface area contributed by atoms with Crippen LogP contribution in [0.25, 0.3) is 17.3 Å². The van der Waals surface area contributed by atoms with Gasteiger partial charge in [0.15, 0.2) is 0 Å². The predicted octanol–water partition coefficient (Wildman–Crippen LogP) is 3.55. The van der Waals surface area contributed by atoms with Crippen LogP contribution < -0.4 is 5.43 Å². The van der Waals surface area contributed by atoms with E-state index in [9.17, 15) is 19.3 Å². The van der Waals surface area contributed by atoms with E-state index < -0.39 is 10.8 Å². The summed E-state index contributed by atoms with van der Waals surface area (Å²) >= 11 is 0. The molecule has 0 unspecified atom stereocenters. The van der Waals surface area contributed by atoms with Crippen LogP contribution in [0.4, 0.5) is 10.1 Å². The lowest BCUT2D eigenvalue weighted by atomic mass is 10.1. The fourth-order valence-electron chi connectivity index (χ4n) is 2.35. The van der Waals surface area contributed by atoms with Crippen LogP contribution in [0, 0.1) is 15.9 Å². The fraction of sp³-hybridized carbons (Fsp3) is 0. The van der Waals surface area contributed by atoms with Crippen LogP contribution in [0.3, 0.4) is 0 Å². The van der Waals surface area contributed by atoms with E-state index in [1.807, 2.05) is 0 Å². The standard InChI is InChI=1S/C19H14FN5O3/c20-15-9-7-13(8-10-15)16-12-17(23-22-16)19(26)24-21-11-3-5-14-4-1-2-6-18(14)25(27)28/h1-12H,(H,22,23)(H,24,26). The van der Waals surface area contributed by atoms with Gasteiger partial charge in [0.25, 0.3) is 11.6 Å². The topological polar surface area (TPSA) is 113 Å². The van der Waals surface area contributed by atoms with Crippen molar-refractivity contribution in [1.82, 2.24) is 15.6 Å². The van der Waals surface area contributed by atoms with Gasteiger partial charge in [-0.1, -0.05) is 12.1 Å². The van der Waals surface area contributed by atoms with Gasteiger partial charge in [0.05, 0.1) is 16.2 Å². The third-order valence-electron chi connectivity index (χ3n) is 3.70. The van der Waals surface area contributed by atoms with E-state index in [-0.39, 0.29) is 17.2 Å². The molecular weight excluding hydrogens is 365 g/mol. The third-order valence-corrected chi connectivity index (χ3v) is 3.70. The number of nitro groups is 1. The monoisotopic (exact) mass is 379 g/mol. The molecule has 0 fully saturated rings. The highest BCUT2D eigenvalue weighted by atomic mass is 19.1. The van der Waals surface area contributed by atoms with Crippen LogP contribution in [0.2, 0.25) is 0 Å². The average Bonchev–Trinajstić information content (AvgIpc) is 3.18. The number of hydrogen-bond acceptors (Lipinski definition) is 5. The van der Waals surface area contributed by atoms with E-state index in [0.29, 0.717) is 16.8 Å². The van der Waals surface area contributed by atoms with E-state index >= 15 is 0 Å². The molecule has 0 saturated heterocycles. The van der Waals surface area contributed by atoms with Crippen LogP contribution in [-0.2, 0) is 0 Å². The first kappa shape index (κ1) is 18.6. The highest BCUT2D eigenvalue weighted by Crippen LogP contribution is 2.19. The van der Waals surface area contributed by atoms with Gasteiger partial charge in [-0.3, -0.25) is 20.0 Å². The van der Waals surface area contributed by atoms with Crippen LogP contribution in [-0.4, -0.2) is 27.2 Å². The van der Waals surface area contributed by atoms with E-state index in [0.717, 1.165) is 0 Å². The summed E-state index contributed by atoms with van der Waals surface area (Å²) in [5.41, 5.74) is 4.03. The van der Waals surface area contributed by atoms with Crippen molar-refractivity contribution in [3.05, 3.63) is 87.9 Å². The summed E-state index contributed by atoms with van der Waals surface area (Å²) in [6, 6.07) is 13.5. The maximum absolute atomic E-state index is 13.0. The lowest BCUT2D eigenvalue weighted by molar-refractivity contribution is -0.385. The SMILES string of the molecule is O=C(NN=CC=Cc1ccccc1[N+](=O)[O-])c1cc(-c2ccc(F)cc2)n[nH]1. The number of aromatic amines is 1. The number of carbonyl (C=O) groups excluding carboxylic acids is 1. The van der Waals surface area contributed by atoms with Gasteiger partial charge >= 0.3 is 0 Å². The van der Waals surface area contributed by atoms with Crippen molar-refractivity contribution in [2.24, 2.45) is 5.10 Å². The van der Waals surface area contributed by atoms with Crippen LogP contribution in [0.1, 0.15) is 16.1 Å². The smallest absolute Gasteiger partial charge is 0.272 e. The highest BCUT2D eigenvalue weighted by Gasteiger charge is 2.10. The molecular formula is C19H14FN5O3. The number of para-hydroxylation sites is 1. The maximum atomic E-state index is 13.0. The molecule has 9 heteroatoms. The molecule has 3 aromatic rings. The summed E-state index contributed by atoms with van der Waals surface area (Å²) in [6.45, 7) is 0. The molecule has 0 atom stereocenters. The number of carbonyl (C=O) groups is 1. The van der Waals surface area contributed by atoms with Crippen molar-refractivity contribution in [3.8, 4) is 11.3 Å². The molecule has 28 heavy (non-hydrogen) atoms. The molecule has 0 radical (unpaired) electrons. The van der Waals surface area contributed by atoms with Gasteiger partial charge in [0.1, 0.15) is 11.5 Å². The first-order valence-electron chi connectivity index (χ1n) is 8.09. The molecule has 8 nitrogen and oxygen atoms in total. The average molecular weight is 379 g/mol. The Morgan fingerprint density at radius 3 is 2.71 bits per heavy atom. The minimum absolute atomic E-state index is 0.0260. The molecule has 0 spiro atoms. The van der Waals surface area contributed by atoms with E-state index in [1.54, 1.807) is 30.3 Å². The number of H-pyrrole nitrogens is 1. The zero-order valence-electron chi connectivity index (χ0n) is 14.4. The number of aromatic nitrogens is 2. The molecule has 1 heterocycles. The number of allylic oxidation sites excluding steroid dienone is 1. The number of rotatable bonds is 6. The predicted molar refractivity (Wildman–Crippen MR) is 102 cm³/mol. The lowest BCUT2D eigenvalue weighted by Crippen LogP contribution is -2.17.